The van der Waals surface area contributed by atoms with Gasteiger partial charge in [-0.3, -0.25) is 4.31 Å². The number of hydrogen-bond donors (Lipinski definition) is 0. The van der Waals surface area contributed by atoms with E-state index in [4.69, 9.17) is 16.9 Å². The van der Waals surface area contributed by atoms with Crippen molar-refractivity contribution in [2.75, 3.05) is 10.6 Å². The summed E-state index contributed by atoms with van der Waals surface area (Å²) < 4.78 is 27.3. The molecule has 0 atom stereocenters. The van der Waals surface area contributed by atoms with Gasteiger partial charge in [-0.1, -0.05) is 17.7 Å². The van der Waals surface area contributed by atoms with Crippen LogP contribution in [-0.2, 0) is 16.6 Å². The van der Waals surface area contributed by atoms with E-state index < -0.39 is 10.0 Å². The molecule has 3 aromatic rings. The largest absolute Gasteiger partial charge is 0.305 e. The van der Waals surface area contributed by atoms with Gasteiger partial charge >= 0.3 is 0 Å². The third-order valence-electron chi connectivity index (χ3n) is 3.43. The summed E-state index contributed by atoms with van der Waals surface area (Å²) in [6.07, 6.45) is 4.56. The summed E-state index contributed by atoms with van der Waals surface area (Å²) in [5.41, 5.74) is 2.06. The fourth-order valence-corrected chi connectivity index (χ4v) is 3.40. The Morgan fingerprint density at radius 2 is 2.08 bits per heavy atom. The molecule has 2 heterocycles. The average molecular weight is 361 g/mol. The molecule has 6 nitrogen and oxygen atoms in total. The van der Waals surface area contributed by atoms with Crippen molar-refractivity contribution in [2.45, 2.75) is 6.54 Å². The Labute approximate surface area is 144 Å². The van der Waals surface area contributed by atoms with Crippen LogP contribution < -0.4 is 4.31 Å². The summed E-state index contributed by atoms with van der Waals surface area (Å²) in [6.45, 7) is 0.0625. The minimum absolute atomic E-state index is 0.0625. The van der Waals surface area contributed by atoms with Crippen molar-refractivity contribution in [3.63, 3.8) is 0 Å². The zero-order chi connectivity index (χ0) is 17.3. The molecule has 0 aliphatic heterocycles. The van der Waals surface area contributed by atoms with Gasteiger partial charge < -0.3 is 4.40 Å². The van der Waals surface area contributed by atoms with Crippen molar-refractivity contribution in [3.8, 4) is 6.07 Å². The number of rotatable bonds is 4. The van der Waals surface area contributed by atoms with Crippen molar-refractivity contribution in [1.82, 2.24) is 9.38 Å². The molecule has 8 heteroatoms. The van der Waals surface area contributed by atoms with Crippen LogP contribution in [0.3, 0.4) is 0 Å². The Kier molecular flexibility index (Phi) is 4.18. The highest BCUT2D eigenvalue weighted by molar-refractivity contribution is 7.92. The molecule has 122 valence electrons. The molecule has 0 N–H and O–H groups in total. The topological polar surface area (TPSA) is 78.5 Å². The van der Waals surface area contributed by atoms with Gasteiger partial charge in [0, 0.05) is 12.4 Å². The minimum atomic E-state index is -3.54. The average Bonchev–Trinajstić information content (AvgIpc) is 2.93. The molecular weight excluding hydrogens is 348 g/mol. The molecule has 0 aliphatic carbocycles. The van der Waals surface area contributed by atoms with Crippen molar-refractivity contribution in [2.24, 2.45) is 0 Å². The second-order valence-electron chi connectivity index (χ2n) is 5.28. The van der Waals surface area contributed by atoms with Crippen molar-refractivity contribution in [3.05, 3.63) is 65.1 Å². The second-order valence-corrected chi connectivity index (χ2v) is 7.62. The third-order valence-corrected chi connectivity index (χ3v) is 4.80. The van der Waals surface area contributed by atoms with Gasteiger partial charge in [-0.2, -0.15) is 5.26 Å². The van der Waals surface area contributed by atoms with Crippen molar-refractivity contribution >= 4 is 33.0 Å². The first-order chi connectivity index (χ1) is 11.4. The maximum Gasteiger partial charge on any atom is 0.232 e. The van der Waals surface area contributed by atoms with Gasteiger partial charge in [0.05, 0.1) is 40.8 Å². The quantitative estimate of drug-likeness (QED) is 0.716. The van der Waals surface area contributed by atoms with E-state index in [1.54, 1.807) is 47.1 Å². The van der Waals surface area contributed by atoms with Crippen LogP contribution in [0.25, 0.3) is 5.65 Å². The molecule has 0 saturated carbocycles. The first-order valence-corrected chi connectivity index (χ1v) is 9.20. The summed E-state index contributed by atoms with van der Waals surface area (Å²) in [5.74, 6) is 0. The molecule has 0 amide bonds. The monoisotopic (exact) mass is 360 g/mol. The summed E-state index contributed by atoms with van der Waals surface area (Å²) >= 11 is 5.95. The molecule has 0 fully saturated rings. The van der Waals surface area contributed by atoms with Crippen LogP contribution in [-0.4, -0.2) is 24.1 Å². The lowest BCUT2D eigenvalue weighted by Crippen LogP contribution is -2.29. The van der Waals surface area contributed by atoms with Crippen LogP contribution in [0.15, 0.2) is 48.8 Å². The maximum atomic E-state index is 12.2. The number of hydrogen-bond acceptors (Lipinski definition) is 4. The van der Waals surface area contributed by atoms with Crippen LogP contribution in [0.1, 0.15) is 11.3 Å². The van der Waals surface area contributed by atoms with Gasteiger partial charge in [-0.25, -0.2) is 13.4 Å². The Morgan fingerprint density at radius 3 is 2.79 bits per heavy atom. The van der Waals surface area contributed by atoms with E-state index in [2.05, 4.69) is 4.98 Å². The number of benzene rings is 1. The van der Waals surface area contributed by atoms with Crippen LogP contribution in [0, 0.1) is 11.3 Å². The molecule has 0 radical (unpaired) electrons. The smallest absolute Gasteiger partial charge is 0.232 e. The number of aromatic nitrogens is 2. The lowest BCUT2D eigenvalue weighted by Gasteiger charge is -2.21. The van der Waals surface area contributed by atoms with E-state index in [9.17, 15) is 8.42 Å². The Bertz CT molecular complexity index is 1050. The van der Waals surface area contributed by atoms with Gasteiger partial charge in [0.15, 0.2) is 0 Å². The van der Waals surface area contributed by atoms with E-state index in [0.29, 0.717) is 27.6 Å². The van der Waals surface area contributed by atoms with Crippen LogP contribution in [0.2, 0.25) is 5.02 Å². The number of sulfonamides is 1. The standard InChI is InChI=1S/C16H13ClN4O2S/c1-24(22,23)21(15-4-2-3-12(7-15)8-18)11-14-10-20-9-13(17)5-6-16(20)19-14/h2-7,9-10H,11H2,1H3. The first-order valence-electron chi connectivity index (χ1n) is 6.98. The van der Waals surface area contributed by atoms with E-state index in [0.717, 1.165) is 6.26 Å². The van der Waals surface area contributed by atoms with Gasteiger partial charge in [0.25, 0.3) is 0 Å². The molecule has 2 aromatic heterocycles. The number of pyridine rings is 1. The third kappa shape index (κ3) is 3.35. The van der Waals surface area contributed by atoms with Gasteiger partial charge in [0.1, 0.15) is 5.65 Å². The van der Waals surface area contributed by atoms with Gasteiger partial charge in [-0.05, 0) is 30.3 Å². The molecule has 3 rings (SSSR count). The lowest BCUT2D eigenvalue weighted by atomic mass is 10.2. The van der Waals surface area contributed by atoms with Gasteiger partial charge in [0.2, 0.25) is 10.0 Å². The second kappa shape index (κ2) is 6.15. The summed E-state index contributed by atoms with van der Waals surface area (Å²) in [7, 11) is -3.54. The predicted molar refractivity (Wildman–Crippen MR) is 92.4 cm³/mol. The van der Waals surface area contributed by atoms with E-state index >= 15 is 0 Å². The molecule has 0 bridgehead atoms. The lowest BCUT2D eigenvalue weighted by molar-refractivity contribution is 0.596. The highest BCUT2D eigenvalue weighted by Gasteiger charge is 2.19. The van der Waals surface area contributed by atoms with Crippen LogP contribution in [0.4, 0.5) is 5.69 Å². The number of nitrogens with zero attached hydrogens (tertiary/aromatic N) is 4. The summed E-state index contributed by atoms with van der Waals surface area (Å²) in [6, 6.07) is 11.9. The highest BCUT2D eigenvalue weighted by atomic mass is 35.5. The highest BCUT2D eigenvalue weighted by Crippen LogP contribution is 2.22. The number of nitriles is 1. The van der Waals surface area contributed by atoms with E-state index in [1.165, 1.54) is 10.4 Å². The van der Waals surface area contributed by atoms with E-state index in [-0.39, 0.29) is 6.54 Å². The Balaban J connectivity index is 2.01. The predicted octanol–water partition coefficient (Wildman–Crippen LogP) is 2.83. The molecule has 0 unspecified atom stereocenters. The van der Waals surface area contributed by atoms with Crippen molar-refractivity contribution in [1.29, 1.82) is 5.26 Å². The van der Waals surface area contributed by atoms with Crippen LogP contribution in [0.5, 0.6) is 0 Å². The fraction of sp³-hybridized carbons (Fsp3) is 0.125. The molecule has 24 heavy (non-hydrogen) atoms. The Morgan fingerprint density at radius 1 is 1.29 bits per heavy atom. The van der Waals surface area contributed by atoms with Crippen LogP contribution >= 0.6 is 11.6 Å². The molecule has 0 saturated heterocycles. The number of anilines is 1. The fourth-order valence-electron chi connectivity index (χ4n) is 2.37. The summed E-state index contributed by atoms with van der Waals surface area (Å²) in [5, 5.41) is 9.57. The molecule has 1 aromatic carbocycles. The molecule has 0 spiro atoms. The molecule has 0 aliphatic rings. The number of halogens is 1. The number of imidazole rings is 1. The summed E-state index contributed by atoms with van der Waals surface area (Å²) in [4.78, 5) is 4.41. The van der Waals surface area contributed by atoms with Gasteiger partial charge in [-0.15, -0.1) is 0 Å². The normalized spacial score (nSPS) is 11.4. The number of fused-ring (bicyclic) bond motifs is 1. The minimum Gasteiger partial charge on any atom is -0.305 e. The molecular formula is C16H13ClN4O2S. The zero-order valence-corrected chi connectivity index (χ0v) is 14.3. The Hall–Kier alpha value is -2.56. The zero-order valence-electron chi connectivity index (χ0n) is 12.7. The van der Waals surface area contributed by atoms with E-state index in [1.807, 2.05) is 6.07 Å². The SMILES string of the molecule is CS(=O)(=O)N(Cc1cn2cc(Cl)ccc2n1)c1cccc(C#N)c1. The maximum absolute atomic E-state index is 12.2. The van der Waals surface area contributed by atoms with Crippen molar-refractivity contribution < 1.29 is 8.42 Å². The first kappa shape index (κ1) is 16.3.